The summed E-state index contributed by atoms with van der Waals surface area (Å²) in [6.07, 6.45) is 1.03. The highest BCUT2D eigenvalue weighted by atomic mass is 16.4. The van der Waals surface area contributed by atoms with Crippen LogP contribution in [0.4, 0.5) is 17.7 Å². The summed E-state index contributed by atoms with van der Waals surface area (Å²) in [4.78, 5) is 1.79. The van der Waals surface area contributed by atoms with Crippen molar-refractivity contribution in [2.24, 2.45) is 0 Å². The Morgan fingerprint density at radius 3 is 2.44 bits per heavy atom. The topological polar surface area (TPSA) is 68.2 Å². The van der Waals surface area contributed by atoms with E-state index in [9.17, 15) is 0 Å². The lowest BCUT2D eigenvalue weighted by atomic mass is 10.1. The maximum absolute atomic E-state index is 5.37. The van der Waals surface area contributed by atoms with E-state index in [2.05, 4.69) is 29.3 Å². The second-order valence-electron chi connectivity index (χ2n) is 3.50. The average Bonchev–Trinajstić information content (AvgIpc) is 2.75. The molecule has 0 bridgehead atoms. The molecule has 1 aromatic carbocycles. The van der Waals surface area contributed by atoms with Gasteiger partial charge in [-0.3, -0.25) is 4.90 Å². The van der Waals surface area contributed by atoms with Crippen molar-refractivity contribution < 1.29 is 4.42 Å². The summed E-state index contributed by atoms with van der Waals surface area (Å²) in [5, 5.41) is 7.44. The van der Waals surface area contributed by atoms with E-state index in [-0.39, 0.29) is 6.01 Å². The SMILES string of the molecule is CCc1ccc(N(C)c2nnc(N)o2)cc1. The molecule has 1 heterocycles. The van der Waals surface area contributed by atoms with Crippen LogP contribution >= 0.6 is 0 Å². The largest absolute Gasteiger partial charge is 0.389 e. The molecule has 16 heavy (non-hydrogen) atoms. The van der Waals surface area contributed by atoms with Crippen molar-refractivity contribution in [1.82, 2.24) is 10.2 Å². The smallest absolute Gasteiger partial charge is 0.323 e. The third-order valence-electron chi connectivity index (χ3n) is 2.45. The van der Waals surface area contributed by atoms with Gasteiger partial charge in [0.1, 0.15) is 0 Å². The zero-order valence-electron chi connectivity index (χ0n) is 9.34. The van der Waals surface area contributed by atoms with Gasteiger partial charge in [-0.2, -0.15) is 0 Å². The fourth-order valence-electron chi connectivity index (χ4n) is 1.43. The van der Waals surface area contributed by atoms with Gasteiger partial charge in [-0.1, -0.05) is 29.3 Å². The first kappa shape index (κ1) is 10.5. The van der Waals surface area contributed by atoms with Crippen molar-refractivity contribution in [1.29, 1.82) is 0 Å². The molecule has 0 atom stereocenters. The molecule has 0 saturated heterocycles. The van der Waals surface area contributed by atoms with Crippen molar-refractivity contribution >= 4 is 17.7 Å². The quantitative estimate of drug-likeness (QED) is 0.853. The third-order valence-corrected chi connectivity index (χ3v) is 2.45. The summed E-state index contributed by atoms with van der Waals surface area (Å²) in [7, 11) is 1.86. The van der Waals surface area contributed by atoms with Crippen molar-refractivity contribution in [3.63, 3.8) is 0 Å². The summed E-state index contributed by atoms with van der Waals surface area (Å²) < 4.78 is 5.14. The molecule has 0 unspecified atom stereocenters. The minimum absolute atomic E-state index is 0.0760. The molecule has 0 radical (unpaired) electrons. The molecule has 0 spiro atoms. The third kappa shape index (κ3) is 1.98. The average molecular weight is 218 g/mol. The number of aromatic nitrogens is 2. The predicted octanol–water partition coefficient (Wildman–Crippen LogP) is 1.98. The molecule has 5 heteroatoms. The highest BCUT2D eigenvalue weighted by molar-refractivity contribution is 5.55. The van der Waals surface area contributed by atoms with Crippen molar-refractivity contribution in [3.05, 3.63) is 29.8 Å². The first-order valence-corrected chi connectivity index (χ1v) is 5.12. The van der Waals surface area contributed by atoms with Crippen LogP contribution in [0, 0.1) is 0 Å². The van der Waals surface area contributed by atoms with E-state index in [1.165, 1.54) is 5.56 Å². The van der Waals surface area contributed by atoms with Crippen LogP contribution in [0.1, 0.15) is 12.5 Å². The number of hydrogen-bond acceptors (Lipinski definition) is 5. The van der Waals surface area contributed by atoms with Gasteiger partial charge in [0.05, 0.1) is 0 Å². The normalized spacial score (nSPS) is 10.4. The van der Waals surface area contributed by atoms with Gasteiger partial charge >= 0.3 is 12.0 Å². The minimum Gasteiger partial charge on any atom is -0.389 e. The van der Waals surface area contributed by atoms with Gasteiger partial charge in [-0.25, -0.2) is 0 Å². The van der Waals surface area contributed by atoms with E-state index in [1.54, 1.807) is 4.90 Å². The first-order chi connectivity index (χ1) is 7.70. The molecule has 84 valence electrons. The molecule has 2 N–H and O–H groups in total. The van der Waals surface area contributed by atoms with Gasteiger partial charge in [0.25, 0.3) is 0 Å². The second kappa shape index (κ2) is 4.22. The zero-order valence-corrected chi connectivity index (χ0v) is 9.34. The molecular formula is C11H14N4O. The van der Waals surface area contributed by atoms with Gasteiger partial charge in [-0.05, 0) is 24.1 Å². The van der Waals surface area contributed by atoms with Crippen LogP contribution in [0.2, 0.25) is 0 Å². The van der Waals surface area contributed by atoms with E-state index in [4.69, 9.17) is 10.2 Å². The molecule has 2 aromatic rings. The van der Waals surface area contributed by atoms with E-state index < -0.39 is 0 Å². The Kier molecular flexibility index (Phi) is 2.76. The zero-order chi connectivity index (χ0) is 11.5. The Morgan fingerprint density at radius 1 is 1.25 bits per heavy atom. The molecule has 5 nitrogen and oxygen atoms in total. The number of hydrogen-bond donors (Lipinski definition) is 1. The van der Waals surface area contributed by atoms with Gasteiger partial charge < -0.3 is 10.2 Å². The van der Waals surface area contributed by atoms with Gasteiger partial charge in [0.2, 0.25) is 0 Å². The van der Waals surface area contributed by atoms with Crippen LogP contribution in [0.5, 0.6) is 0 Å². The first-order valence-electron chi connectivity index (χ1n) is 5.12. The van der Waals surface area contributed by atoms with Crippen LogP contribution in [0.15, 0.2) is 28.7 Å². The van der Waals surface area contributed by atoms with Crippen LogP contribution in [-0.2, 0) is 6.42 Å². The Labute approximate surface area is 93.9 Å². The van der Waals surface area contributed by atoms with Gasteiger partial charge in [0.15, 0.2) is 0 Å². The fourth-order valence-corrected chi connectivity index (χ4v) is 1.43. The number of rotatable bonds is 3. The number of nitrogens with zero attached hydrogens (tertiary/aromatic N) is 3. The second-order valence-corrected chi connectivity index (χ2v) is 3.50. The Balaban J connectivity index is 2.23. The lowest BCUT2D eigenvalue weighted by Crippen LogP contribution is -2.09. The molecule has 0 aliphatic carbocycles. The molecule has 0 fully saturated rings. The summed E-state index contributed by atoms with van der Waals surface area (Å²) in [5.74, 6) is 0. The monoisotopic (exact) mass is 218 g/mol. The highest BCUT2D eigenvalue weighted by Crippen LogP contribution is 2.22. The predicted molar refractivity (Wildman–Crippen MR) is 62.6 cm³/mol. The standard InChI is InChI=1S/C11H14N4O/c1-3-8-4-6-9(7-5-8)15(2)11-14-13-10(12)16-11/h4-7H,3H2,1-2H3,(H2,12,13). The van der Waals surface area contributed by atoms with Gasteiger partial charge in [0, 0.05) is 12.7 Å². The maximum atomic E-state index is 5.37. The maximum Gasteiger partial charge on any atom is 0.323 e. The summed E-state index contributed by atoms with van der Waals surface area (Å²) in [6, 6.07) is 8.64. The number of aryl methyl sites for hydroxylation is 1. The summed E-state index contributed by atoms with van der Waals surface area (Å²) in [6.45, 7) is 2.12. The Bertz CT molecular complexity index is 463. The van der Waals surface area contributed by atoms with Crippen molar-refractivity contribution in [3.8, 4) is 0 Å². The summed E-state index contributed by atoms with van der Waals surface area (Å²) in [5.41, 5.74) is 7.65. The number of benzene rings is 1. The van der Waals surface area contributed by atoms with Crippen LogP contribution in [0.25, 0.3) is 0 Å². The number of anilines is 3. The highest BCUT2D eigenvalue weighted by Gasteiger charge is 2.10. The van der Waals surface area contributed by atoms with E-state index in [0.717, 1.165) is 12.1 Å². The molecule has 0 aliphatic rings. The lowest BCUT2D eigenvalue weighted by molar-refractivity contribution is 0.576. The van der Waals surface area contributed by atoms with E-state index in [1.807, 2.05) is 19.2 Å². The molecular weight excluding hydrogens is 204 g/mol. The Morgan fingerprint density at radius 2 is 1.94 bits per heavy atom. The summed E-state index contributed by atoms with van der Waals surface area (Å²) >= 11 is 0. The van der Waals surface area contributed by atoms with Crippen LogP contribution in [-0.4, -0.2) is 17.2 Å². The van der Waals surface area contributed by atoms with Crippen LogP contribution < -0.4 is 10.6 Å². The molecule has 0 saturated carbocycles. The van der Waals surface area contributed by atoms with E-state index >= 15 is 0 Å². The minimum atomic E-state index is 0.0760. The Hall–Kier alpha value is -2.04. The van der Waals surface area contributed by atoms with Crippen molar-refractivity contribution in [2.45, 2.75) is 13.3 Å². The van der Waals surface area contributed by atoms with Gasteiger partial charge in [-0.15, -0.1) is 0 Å². The number of nitrogen functional groups attached to an aromatic ring is 1. The molecule has 2 rings (SSSR count). The van der Waals surface area contributed by atoms with Crippen molar-refractivity contribution in [2.75, 3.05) is 17.7 Å². The van der Waals surface area contributed by atoms with Crippen LogP contribution in [0.3, 0.4) is 0 Å². The fraction of sp³-hybridized carbons (Fsp3) is 0.273. The molecule has 1 aromatic heterocycles. The number of nitrogens with two attached hydrogens (primary N) is 1. The molecule has 0 aliphatic heterocycles. The van der Waals surface area contributed by atoms with E-state index in [0.29, 0.717) is 6.01 Å². The lowest BCUT2D eigenvalue weighted by Gasteiger charge is -2.13. The molecule has 0 amide bonds.